The fourth-order valence-corrected chi connectivity index (χ4v) is 5.23. The van der Waals surface area contributed by atoms with Crippen molar-refractivity contribution in [3.05, 3.63) is 23.8 Å². The number of benzene rings is 1. The van der Waals surface area contributed by atoms with E-state index < -0.39 is 22.9 Å². The summed E-state index contributed by atoms with van der Waals surface area (Å²) in [7, 11) is 0. The van der Waals surface area contributed by atoms with E-state index in [-0.39, 0.29) is 30.2 Å². The number of fused-ring (bicyclic) bond motifs is 2. The molecule has 2 heterocycles. The van der Waals surface area contributed by atoms with Gasteiger partial charge in [-0.05, 0) is 31.0 Å². The maximum absolute atomic E-state index is 12.9. The zero-order valence-electron chi connectivity index (χ0n) is 15.1. The van der Waals surface area contributed by atoms with Crippen LogP contribution in [0.2, 0.25) is 0 Å². The Balaban J connectivity index is 1.45. The van der Waals surface area contributed by atoms with Crippen LogP contribution < -0.4 is 5.32 Å². The highest BCUT2D eigenvalue weighted by molar-refractivity contribution is 8.01. The molecule has 1 aromatic rings. The zero-order valence-corrected chi connectivity index (χ0v) is 15.9. The molecule has 2 aliphatic heterocycles. The summed E-state index contributed by atoms with van der Waals surface area (Å²) in [6.45, 7) is 1.02. The minimum atomic E-state index is -4.47. The standard InChI is InChI=1S/C19H21F3N2O3S/c20-19(21,22)11-5-6-15-12(9-11)23-18(26)16(28-15)10-17(25)24-7-8-27-14-4-2-1-3-13(14)24/h5-6,9,13-14,16H,1-4,7-8,10H2,(H,23,26)/t13-,14+,16+/m0/s1. The van der Waals surface area contributed by atoms with E-state index in [1.165, 1.54) is 6.07 Å². The van der Waals surface area contributed by atoms with Gasteiger partial charge in [-0.25, -0.2) is 0 Å². The molecule has 2 amide bonds. The van der Waals surface area contributed by atoms with Crippen molar-refractivity contribution in [3.63, 3.8) is 0 Å². The summed E-state index contributed by atoms with van der Waals surface area (Å²) in [4.78, 5) is 27.7. The van der Waals surface area contributed by atoms with Crippen LogP contribution in [-0.2, 0) is 20.5 Å². The smallest absolute Gasteiger partial charge is 0.374 e. The first-order valence-electron chi connectivity index (χ1n) is 9.43. The number of halogens is 3. The summed E-state index contributed by atoms with van der Waals surface area (Å²) in [5.74, 6) is -0.526. The molecule has 0 aromatic heterocycles. The number of carbonyl (C=O) groups is 2. The summed E-state index contributed by atoms with van der Waals surface area (Å²) in [6, 6.07) is 3.35. The van der Waals surface area contributed by atoms with Gasteiger partial charge in [0.05, 0.1) is 35.3 Å². The van der Waals surface area contributed by atoms with E-state index >= 15 is 0 Å². The van der Waals surface area contributed by atoms with Crippen LogP contribution in [0.15, 0.2) is 23.1 Å². The Morgan fingerprint density at radius 2 is 2.07 bits per heavy atom. The first-order valence-corrected chi connectivity index (χ1v) is 10.3. The Labute approximate surface area is 165 Å². The average Bonchev–Trinajstić information content (AvgIpc) is 2.67. The van der Waals surface area contributed by atoms with Crippen LogP contribution in [0.4, 0.5) is 18.9 Å². The van der Waals surface area contributed by atoms with Crippen molar-refractivity contribution >= 4 is 29.3 Å². The van der Waals surface area contributed by atoms with Crippen molar-refractivity contribution in [2.45, 2.75) is 60.6 Å². The minimum absolute atomic E-state index is 0.0280. The molecule has 1 aromatic carbocycles. The lowest BCUT2D eigenvalue weighted by atomic mass is 9.90. The maximum atomic E-state index is 12.9. The Morgan fingerprint density at radius 3 is 2.86 bits per heavy atom. The van der Waals surface area contributed by atoms with Gasteiger partial charge in [0.25, 0.3) is 0 Å². The Hall–Kier alpha value is -1.74. The van der Waals surface area contributed by atoms with Gasteiger partial charge in [-0.2, -0.15) is 13.2 Å². The molecule has 152 valence electrons. The van der Waals surface area contributed by atoms with Crippen molar-refractivity contribution in [2.24, 2.45) is 0 Å². The van der Waals surface area contributed by atoms with Crippen LogP contribution in [0.5, 0.6) is 0 Å². The summed E-state index contributed by atoms with van der Waals surface area (Å²) >= 11 is 1.15. The van der Waals surface area contributed by atoms with E-state index in [4.69, 9.17) is 4.74 Å². The number of rotatable bonds is 2. The molecule has 5 nitrogen and oxygen atoms in total. The average molecular weight is 414 g/mol. The molecule has 2 fully saturated rings. The van der Waals surface area contributed by atoms with Crippen LogP contribution in [0.25, 0.3) is 0 Å². The number of anilines is 1. The molecule has 1 saturated carbocycles. The van der Waals surface area contributed by atoms with E-state index in [0.717, 1.165) is 49.6 Å². The first-order chi connectivity index (χ1) is 13.3. The number of ether oxygens (including phenoxy) is 1. The number of morpholine rings is 1. The van der Waals surface area contributed by atoms with Gasteiger partial charge in [0.1, 0.15) is 0 Å². The number of thioether (sulfide) groups is 1. The fraction of sp³-hybridized carbons (Fsp3) is 0.579. The van der Waals surface area contributed by atoms with Gasteiger partial charge in [0.2, 0.25) is 11.8 Å². The quantitative estimate of drug-likeness (QED) is 0.802. The van der Waals surface area contributed by atoms with Crippen LogP contribution >= 0.6 is 11.8 Å². The molecule has 4 rings (SSSR count). The van der Waals surface area contributed by atoms with E-state index in [9.17, 15) is 22.8 Å². The second-order valence-electron chi connectivity index (χ2n) is 7.36. The van der Waals surface area contributed by atoms with E-state index in [0.29, 0.717) is 18.0 Å². The topological polar surface area (TPSA) is 58.6 Å². The van der Waals surface area contributed by atoms with Gasteiger partial charge in [0.15, 0.2) is 0 Å². The zero-order chi connectivity index (χ0) is 19.9. The maximum Gasteiger partial charge on any atom is 0.416 e. The van der Waals surface area contributed by atoms with E-state index in [1.54, 1.807) is 0 Å². The Morgan fingerprint density at radius 1 is 1.29 bits per heavy atom. The molecule has 28 heavy (non-hydrogen) atoms. The highest BCUT2D eigenvalue weighted by Crippen LogP contribution is 2.41. The summed E-state index contributed by atoms with van der Waals surface area (Å²) < 4.78 is 44.4. The number of hydrogen-bond donors (Lipinski definition) is 1. The predicted molar refractivity (Wildman–Crippen MR) is 98.0 cm³/mol. The van der Waals surface area contributed by atoms with Crippen molar-refractivity contribution in [2.75, 3.05) is 18.5 Å². The molecule has 1 saturated heterocycles. The van der Waals surface area contributed by atoms with Crippen molar-refractivity contribution < 1.29 is 27.5 Å². The molecular weight excluding hydrogens is 393 g/mol. The van der Waals surface area contributed by atoms with Gasteiger partial charge in [-0.1, -0.05) is 12.8 Å². The number of carbonyl (C=O) groups excluding carboxylic acids is 2. The van der Waals surface area contributed by atoms with E-state index in [2.05, 4.69) is 5.32 Å². The highest BCUT2D eigenvalue weighted by atomic mass is 32.2. The second kappa shape index (κ2) is 7.59. The fourth-order valence-electron chi connectivity index (χ4n) is 4.14. The molecule has 9 heteroatoms. The molecule has 0 bridgehead atoms. The SMILES string of the molecule is O=C1Nc2cc(C(F)(F)F)ccc2S[C@@H]1CC(=O)N1CCO[C@@H]2CCCC[C@@H]21. The molecule has 0 radical (unpaired) electrons. The Kier molecular flexibility index (Phi) is 5.30. The minimum Gasteiger partial charge on any atom is -0.374 e. The number of nitrogens with one attached hydrogen (secondary N) is 1. The van der Waals surface area contributed by atoms with Crippen LogP contribution in [-0.4, -0.2) is 47.3 Å². The number of alkyl halides is 3. The van der Waals surface area contributed by atoms with Gasteiger partial charge in [-0.3, -0.25) is 9.59 Å². The third-order valence-corrected chi connectivity index (χ3v) is 6.81. The number of hydrogen-bond acceptors (Lipinski definition) is 4. The molecule has 1 N–H and O–H groups in total. The van der Waals surface area contributed by atoms with Gasteiger partial charge in [0, 0.05) is 17.9 Å². The van der Waals surface area contributed by atoms with Crippen molar-refractivity contribution in [3.8, 4) is 0 Å². The van der Waals surface area contributed by atoms with Crippen LogP contribution in [0.3, 0.4) is 0 Å². The van der Waals surface area contributed by atoms with Gasteiger partial charge < -0.3 is 15.0 Å². The Bertz CT molecular complexity index is 784. The molecule has 0 unspecified atom stereocenters. The third kappa shape index (κ3) is 3.87. The monoisotopic (exact) mass is 414 g/mol. The normalized spacial score (nSPS) is 27.6. The molecular formula is C19H21F3N2O3S. The predicted octanol–water partition coefficient (Wildman–Crippen LogP) is 3.68. The molecule has 3 aliphatic rings. The second-order valence-corrected chi connectivity index (χ2v) is 8.60. The van der Waals surface area contributed by atoms with Gasteiger partial charge >= 0.3 is 6.18 Å². The molecule has 1 aliphatic carbocycles. The van der Waals surface area contributed by atoms with Crippen LogP contribution in [0, 0.1) is 0 Å². The van der Waals surface area contributed by atoms with E-state index in [1.807, 2.05) is 4.90 Å². The summed E-state index contributed by atoms with van der Waals surface area (Å²) in [6.07, 6.45) is -0.362. The van der Waals surface area contributed by atoms with Crippen LogP contribution in [0.1, 0.15) is 37.7 Å². The van der Waals surface area contributed by atoms with Gasteiger partial charge in [-0.15, -0.1) is 11.8 Å². The lowest BCUT2D eigenvalue weighted by Crippen LogP contribution is -2.55. The lowest BCUT2D eigenvalue weighted by molar-refractivity contribution is -0.150. The molecule has 3 atom stereocenters. The van der Waals surface area contributed by atoms with Crippen molar-refractivity contribution in [1.82, 2.24) is 4.90 Å². The number of nitrogens with zero attached hydrogens (tertiary/aromatic N) is 1. The number of amides is 2. The summed E-state index contributed by atoms with van der Waals surface area (Å²) in [5.41, 5.74) is -0.662. The largest absolute Gasteiger partial charge is 0.416 e. The van der Waals surface area contributed by atoms with Crippen molar-refractivity contribution in [1.29, 1.82) is 0 Å². The lowest BCUT2D eigenvalue weighted by Gasteiger charge is -2.44. The first kappa shape index (κ1) is 19.6. The third-order valence-electron chi connectivity index (χ3n) is 5.54. The summed E-state index contributed by atoms with van der Waals surface area (Å²) in [5, 5.41) is 1.88. The molecule has 0 spiro atoms. The highest BCUT2D eigenvalue weighted by Gasteiger charge is 2.39.